The molecule has 0 aliphatic rings. The van der Waals surface area contributed by atoms with Crippen LogP contribution in [0, 0.1) is 13.8 Å². The maximum absolute atomic E-state index is 12.5. The first-order valence-electron chi connectivity index (χ1n) is 10.3. The molecule has 160 valence electrons. The lowest BCUT2D eigenvalue weighted by Gasteiger charge is -2.20. The minimum absolute atomic E-state index is 0.128. The molecule has 0 saturated carbocycles. The lowest BCUT2D eigenvalue weighted by molar-refractivity contribution is -0.128. The van der Waals surface area contributed by atoms with Gasteiger partial charge >= 0.3 is 0 Å². The van der Waals surface area contributed by atoms with Crippen LogP contribution in [0.2, 0.25) is 5.02 Å². The average Bonchev–Trinajstić information content (AvgIpc) is 3.13. The average molecular weight is 446 g/mol. The Kier molecular flexibility index (Phi) is 7.72. The molecule has 30 heavy (non-hydrogen) atoms. The first kappa shape index (κ1) is 22.6. The number of hydrogen-bond donors (Lipinski definition) is 0. The number of benzene rings is 1. The number of carbonyl (C=O) groups is 1. The SMILES string of the molecule is CCCN(CCC)C(=O)CSc1nc2nc(C)c(Cc3ccccc3Cl)c(C)n2n1. The third-order valence-corrected chi connectivity index (χ3v) is 6.21. The fourth-order valence-electron chi connectivity index (χ4n) is 3.46. The topological polar surface area (TPSA) is 63.4 Å². The molecule has 0 unspecified atom stereocenters. The van der Waals surface area contributed by atoms with Crippen LogP contribution in [0.1, 0.15) is 49.2 Å². The Morgan fingerprint density at radius 1 is 1.13 bits per heavy atom. The van der Waals surface area contributed by atoms with Crippen molar-refractivity contribution in [1.29, 1.82) is 0 Å². The molecule has 0 saturated heterocycles. The second kappa shape index (κ2) is 10.3. The minimum atomic E-state index is 0.128. The second-order valence-electron chi connectivity index (χ2n) is 7.31. The maximum atomic E-state index is 12.5. The molecule has 0 N–H and O–H groups in total. The number of aryl methyl sites for hydroxylation is 2. The number of nitrogens with zero attached hydrogens (tertiary/aromatic N) is 5. The first-order valence-corrected chi connectivity index (χ1v) is 11.7. The largest absolute Gasteiger partial charge is 0.342 e. The first-order chi connectivity index (χ1) is 14.4. The number of fused-ring (bicyclic) bond motifs is 1. The molecule has 6 nitrogen and oxygen atoms in total. The number of rotatable bonds is 9. The summed E-state index contributed by atoms with van der Waals surface area (Å²) in [6, 6.07) is 7.84. The van der Waals surface area contributed by atoms with Crippen molar-refractivity contribution in [2.24, 2.45) is 0 Å². The van der Waals surface area contributed by atoms with E-state index < -0.39 is 0 Å². The van der Waals surface area contributed by atoms with Crippen LogP contribution < -0.4 is 0 Å². The summed E-state index contributed by atoms with van der Waals surface area (Å²) < 4.78 is 1.77. The standard InChI is InChI=1S/C22H28ClN5OS/c1-5-11-27(12-6-2)20(29)14-30-22-25-21-24-15(3)18(16(4)28(21)26-22)13-17-9-7-8-10-19(17)23/h7-10H,5-6,11-14H2,1-4H3. The molecule has 2 heterocycles. The van der Waals surface area contributed by atoms with Crippen LogP contribution in [-0.2, 0) is 11.2 Å². The summed E-state index contributed by atoms with van der Waals surface area (Å²) >= 11 is 7.71. The van der Waals surface area contributed by atoms with Crippen molar-refractivity contribution in [3.05, 3.63) is 51.8 Å². The normalized spacial score (nSPS) is 11.2. The summed E-state index contributed by atoms with van der Waals surface area (Å²) in [5, 5.41) is 5.92. The number of halogens is 1. The fraction of sp³-hybridized carbons (Fsp3) is 0.455. The van der Waals surface area contributed by atoms with Gasteiger partial charge in [0.15, 0.2) is 0 Å². The van der Waals surface area contributed by atoms with Crippen LogP contribution in [0.3, 0.4) is 0 Å². The molecule has 8 heteroatoms. The molecule has 3 rings (SSSR count). The van der Waals surface area contributed by atoms with Gasteiger partial charge < -0.3 is 4.90 Å². The monoisotopic (exact) mass is 445 g/mol. The van der Waals surface area contributed by atoms with Gasteiger partial charge in [0, 0.05) is 35.9 Å². The van der Waals surface area contributed by atoms with Crippen molar-refractivity contribution >= 4 is 35.0 Å². The van der Waals surface area contributed by atoms with E-state index in [0.29, 0.717) is 23.1 Å². The Bertz CT molecular complexity index is 1030. The molecular formula is C22H28ClN5OS. The van der Waals surface area contributed by atoms with Crippen LogP contribution in [0.15, 0.2) is 29.4 Å². The molecule has 0 bridgehead atoms. The summed E-state index contributed by atoms with van der Waals surface area (Å²) in [6.07, 6.45) is 2.60. The van der Waals surface area contributed by atoms with E-state index in [1.807, 2.05) is 43.0 Å². The molecular weight excluding hydrogens is 418 g/mol. The van der Waals surface area contributed by atoms with E-state index in [1.54, 1.807) is 4.52 Å². The van der Waals surface area contributed by atoms with Crippen molar-refractivity contribution < 1.29 is 4.79 Å². The van der Waals surface area contributed by atoms with Gasteiger partial charge in [0.2, 0.25) is 11.1 Å². The van der Waals surface area contributed by atoms with Crippen LogP contribution in [0.5, 0.6) is 0 Å². The van der Waals surface area contributed by atoms with Crippen molar-refractivity contribution in [3.63, 3.8) is 0 Å². The van der Waals surface area contributed by atoms with E-state index in [1.165, 1.54) is 11.8 Å². The molecule has 0 radical (unpaired) electrons. The lowest BCUT2D eigenvalue weighted by atomic mass is 10.0. The number of amides is 1. The van der Waals surface area contributed by atoms with Gasteiger partial charge in [0.1, 0.15) is 0 Å². The van der Waals surface area contributed by atoms with Crippen molar-refractivity contribution in [3.8, 4) is 0 Å². The van der Waals surface area contributed by atoms with Gasteiger partial charge in [-0.3, -0.25) is 4.79 Å². The van der Waals surface area contributed by atoms with Gasteiger partial charge in [-0.2, -0.15) is 4.98 Å². The number of hydrogen-bond acceptors (Lipinski definition) is 5. The Morgan fingerprint density at radius 3 is 2.50 bits per heavy atom. The summed E-state index contributed by atoms with van der Waals surface area (Å²) in [5.74, 6) is 1.02. The highest BCUT2D eigenvalue weighted by atomic mass is 35.5. The maximum Gasteiger partial charge on any atom is 0.253 e. The third kappa shape index (κ3) is 5.13. The molecule has 0 aliphatic heterocycles. The van der Waals surface area contributed by atoms with E-state index in [0.717, 1.165) is 53.5 Å². The molecule has 3 aromatic rings. The van der Waals surface area contributed by atoms with Crippen LogP contribution in [0.25, 0.3) is 5.78 Å². The molecule has 1 amide bonds. The van der Waals surface area contributed by atoms with Gasteiger partial charge in [-0.25, -0.2) is 9.50 Å². The summed E-state index contributed by atoms with van der Waals surface area (Å²) in [4.78, 5) is 23.6. The second-order valence-corrected chi connectivity index (χ2v) is 8.65. The smallest absolute Gasteiger partial charge is 0.253 e. The van der Waals surface area contributed by atoms with Crippen LogP contribution >= 0.6 is 23.4 Å². The van der Waals surface area contributed by atoms with Gasteiger partial charge in [0.25, 0.3) is 5.78 Å². The summed E-state index contributed by atoms with van der Waals surface area (Å²) in [7, 11) is 0. The summed E-state index contributed by atoms with van der Waals surface area (Å²) in [6.45, 7) is 9.76. The van der Waals surface area contributed by atoms with Gasteiger partial charge in [0.05, 0.1) is 5.75 Å². The fourth-order valence-corrected chi connectivity index (χ4v) is 4.38. The molecule has 0 fully saturated rings. The van der Waals surface area contributed by atoms with Gasteiger partial charge in [-0.15, -0.1) is 5.10 Å². The molecule has 1 aromatic carbocycles. The Balaban J connectivity index is 1.80. The zero-order valence-electron chi connectivity index (χ0n) is 18.0. The van der Waals surface area contributed by atoms with Crippen molar-refractivity contribution in [1.82, 2.24) is 24.5 Å². The minimum Gasteiger partial charge on any atom is -0.342 e. The zero-order chi connectivity index (χ0) is 21.7. The van der Waals surface area contributed by atoms with E-state index in [4.69, 9.17) is 11.6 Å². The van der Waals surface area contributed by atoms with E-state index in [2.05, 4.69) is 28.9 Å². The van der Waals surface area contributed by atoms with Gasteiger partial charge in [-0.05, 0) is 43.9 Å². The Labute approximate surface area is 187 Å². The van der Waals surface area contributed by atoms with Crippen molar-refractivity contribution in [2.75, 3.05) is 18.8 Å². The molecule has 0 aliphatic carbocycles. The highest BCUT2D eigenvalue weighted by molar-refractivity contribution is 7.99. The lowest BCUT2D eigenvalue weighted by Crippen LogP contribution is -2.33. The third-order valence-electron chi connectivity index (χ3n) is 5.02. The van der Waals surface area contributed by atoms with E-state index >= 15 is 0 Å². The highest BCUT2D eigenvalue weighted by Crippen LogP contribution is 2.24. The number of thioether (sulfide) groups is 1. The quantitative estimate of drug-likeness (QED) is 0.445. The van der Waals surface area contributed by atoms with Crippen LogP contribution in [0.4, 0.5) is 0 Å². The number of aromatic nitrogens is 4. The Hall–Kier alpha value is -2.12. The van der Waals surface area contributed by atoms with E-state index in [-0.39, 0.29) is 5.91 Å². The predicted octanol–water partition coefficient (Wildman–Crippen LogP) is 4.73. The molecule has 2 aromatic heterocycles. The Morgan fingerprint density at radius 2 is 1.83 bits per heavy atom. The van der Waals surface area contributed by atoms with E-state index in [9.17, 15) is 4.79 Å². The molecule has 0 spiro atoms. The zero-order valence-corrected chi connectivity index (χ0v) is 19.6. The van der Waals surface area contributed by atoms with Crippen LogP contribution in [-0.4, -0.2) is 49.2 Å². The predicted molar refractivity (Wildman–Crippen MR) is 122 cm³/mol. The number of carbonyl (C=O) groups excluding carboxylic acids is 1. The summed E-state index contributed by atoms with van der Waals surface area (Å²) in [5.41, 5.74) is 4.04. The highest BCUT2D eigenvalue weighted by Gasteiger charge is 2.17. The van der Waals surface area contributed by atoms with Gasteiger partial charge in [-0.1, -0.05) is 55.4 Å². The molecule has 0 atom stereocenters. The van der Waals surface area contributed by atoms with Crippen molar-refractivity contribution in [2.45, 2.75) is 52.1 Å².